The first kappa shape index (κ1) is 13.5. The van der Waals surface area contributed by atoms with Crippen LogP contribution in [0.15, 0.2) is 36.7 Å². The van der Waals surface area contributed by atoms with Crippen molar-refractivity contribution in [3.63, 3.8) is 0 Å². The van der Waals surface area contributed by atoms with Crippen LogP contribution in [0, 0.1) is 5.92 Å². The number of nitrogens with zero attached hydrogens (tertiary/aromatic N) is 1. The largest absolute Gasteiger partial charge is 0.378 e. The van der Waals surface area contributed by atoms with E-state index in [0.29, 0.717) is 5.92 Å². The monoisotopic (exact) mass is 271 g/mol. The van der Waals surface area contributed by atoms with Gasteiger partial charge < -0.3 is 4.74 Å². The minimum atomic E-state index is 0.119. The van der Waals surface area contributed by atoms with Crippen LogP contribution in [-0.2, 0) is 4.74 Å². The molecule has 0 amide bonds. The Kier molecular flexibility index (Phi) is 3.96. The molecule has 1 aromatic heterocycles. The predicted molar refractivity (Wildman–Crippen MR) is 79.9 cm³/mol. The third kappa shape index (κ3) is 2.30. The molecule has 1 fully saturated rings. The fraction of sp³-hybridized carbons (Fsp3) is 0.438. The highest BCUT2D eigenvalue weighted by Crippen LogP contribution is 2.36. The van der Waals surface area contributed by atoms with Gasteiger partial charge in [-0.25, -0.2) is 0 Å². The Morgan fingerprint density at radius 3 is 3.15 bits per heavy atom. The highest BCUT2D eigenvalue weighted by Gasteiger charge is 2.34. The van der Waals surface area contributed by atoms with Gasteiger partial charge in [0, 0.05) is 30.3 Å². The van der Waals surface area contributed by atoms with Gasteiger partial charge in [-0.05, 0) is 29.9 Å². The number of hydrogen-bond acceptors (Lipinski definition) is 4. The molecule has 0 aliphatic carbocycles. The Balaban J connectivity index is 2.03. The van der Waals surface area contributed by atoms with Gasteiger partial charge >= 0.3 is 0 Å². The lowest BCUT2D eigenvalue weighted by Gasteiger charge is -2.27. The average molecular weight is 271 g/mol. The zero-order valence-corrected chi connectivity index (χ0v) is 11.8. The number of benzene rings is 1. The molecule has 3 N–H and O–H groups in total. The maximum Gasteiger partial charge on any atom is 0.0620 e. The Labute approximate surface area is 119 Å². The maximum absolute atomic E-state index is 5.87. The molecule has 20 heavy (non-hydrogen) atoms. The number of fused-ring (bicyclic) bond motifs is 1. The molecule has 106 valence electrons. The third-order valence-electron chi connectivity index (χ3n) is 4.32. The van der Waals surface area contributed by atoms with Gasteiger partial charge in [-0.3, -0.25) is 16.3 Å². The number of nitrogens with two attached hydrogens (primary N) is 1. The number of hydrazine groups is 1. The molecule has 0 spiro atoms. The molecule has 1 aliphatic rings. The number of pyridine rings is 1. The Hall–Kier alpha value is -1.49. The van der Waals surface area contributed by atoms with Crippen molar-refractivity contribution in [1.82, 2.24) is 10.4 Å². The Bertz CT molecular complexity index is 581. The summed E-state index contributed by atoms with van der Waals surface area (Å²) < 4.78 is 5.82. The molecule has 4 heteroatoms. The van der Waals surface area contributed by atoms with Crippen LogP contribution in [0.25, 0.3) is 10.8 Å². The number of ether oxygens (including phenoxy) is 1. The first-order chi connectivity index (χ1) is 9.85. The van der Waals surface area contributed by atoms with Crippen LogP contribution in [0.5, 0.6) is 0 Å². The second-order valence-electron chi connectivity index (χ2n) is 5.36. The summed E-state index contributed by atoms with van der Waals surface area (Å²) >= 11 is 0. The lowest BCUT2D eigenvalue weighted by Crippen LogP contribution is -2.37. The molecule has 1 saturated heterocycles. The molecule has 0 radical (unpaired) electrons. The van der Waals surface area contributed by atoms with Gasteiger partial charge in [-0.15, -0.1) is 0 Å². The van der Waals surface area contributed by atoms with Crippen LogP contribution in [0.3, 0.4) is 0 Å². The lowest BCUT2D eigenvalue weighted by molar-refractivity contribution is 0.0775. The second-order valence-corrected chi connectivity index (χ2v) is 5.36. The first-order valence-electron chi connectivity index (χ1n) is 7.25. The van der Waals surface area contributed by atoms with Crippen molar-refractivity contribution in [3.8, 4) is 0 Å². The minimum Gasteiger partial charge on any atom is -0.378 e. The summed E-state index contributed by atoms with van der Waals surface area (Å²) in [6.45, 7) is 3.00. The highest BCUT2D eigenvalue weighted by atomic mass is 16.5. The zero-order chi connectivity index (χ0) is 13.9. The topological polar surface area (TPSA) is 60.2 Å². The molecule has 3 atom stereocenters. The van der Waals surface area contributed by atoms with E-state index in [1.165, 1.54) is 10.9 Å². The van der Waals surface area contributed by atoms with Crippen LogP contribution < -0.4 is 11.3 Å². The second kappa shape index (κ2) is 5.87. The van der Waals surface area contributed by atoms with Gasteiger partial charge in [-0.1, -0.05) is 25.1 Å². The molecule has 3 rings (SSSR count). The molecule has 1 aromatic carbocycles. The molecule has 2 heterocycles. The van der Waals surface area contributed by atoms with Crippen molar-refractivity contribution in [2.45, 2.75) is 31.9 Å². The summed E-state index contributed by atoms with van der Waals surface area (Å²) in [5, 5.41) is 2.37. The Morgan fingerprint density at radius 1 is 1.45 bits per heavy atom. The fourth-order valence-corrected chi connectivity index (χ4v) is 3.33. The first-order valence-corrected chi connectivity index (χ1v) is 7.25. The van der Waals surface area contributed by atoms with Crippen molar-refractivity contribution in [2.75, 3.05) is 6.61 Å². The third-order valence-corrected chi connectivity index (χ3v) is 4.32. The van der Waals surface area contributed by atoms with Crippen LogP contribution in [0.1, 0.15) is 31.4 Å². The van der Waals surface area contributed by atoms with Gasteiger partial charge in [0.1, 0.15) is 0 Å². The molecule has 0 saturated carbocycles. The fourth-order valence-electron chi connectivity index (χ4n) is 3.33. The van der Waals surface area contributed by atoms with E-state index < -0.39 is 0 Å². The average Bonchev–Trinajstić information content (AvgIpc) is 2.97. The van der Waals surface area contributed by atoms with E-state index in [9.17, 15) is 0 Å². The molecule has 2 aromatic rings. The smallest absolute Gasteiger partial charge is 0.0620 e. The summed E-state index contributed by atoms with van der Waals surface area (Å²) in [6, 6.07) is 8.49. The van der Waals surface area contributed by atoms with Crippen molar-refractivity contribution in [2.24, 2.45) is 11.8 Å². The van der Waals surface area contributed by atoms with E-state index in [4.69, 9.17) is 10.6 Å². The van der Waals surface area contributed by atoms with E-state index in [1.807, 2.05) is 12.4 Å². The van der Waals surface area contributed by atoms with Gasteiger partial charge in [0.25, 0.3) is 0 Å². The van der Waals surface area contributed by atoms with Crippen LogP contribution in [0.2, 0.25) is 0 Å². The van der Waals surface area contributed by atoms with Crippen LogP contribution >= 0.6 is 0 Å². The van der Waals surface area contributed by atoms with Gasteiger partial charge in [0.2, 0.25) is 0 Å². The summed E-state index contributed by atoms with van der Waals surface area (Å²) in [4.78, 5) is 4.19. The van der Waals surface area contributed by atoms with Crippen molar-refractivity contribution in [1.29, 1.82) is 0 Å². The molecule has 3 unspecified atom stereocenters. The van der Waals surface area contributed by atoms with Crippen molar-refractivity contribution < 1.29 is 4.74 Å². The summed E-state index contributed by atoms with van der Waals surface area (Å²) in [7, 11) is 0. The van der Waals surface area contributed by atoms with E-state index >= 15 is 0 Å². The quantitative estimate of drug-likeness (QED) is 0.663. The number of aromatic nitrogens is 1. The summed E-state index contributed by atoms with van der Waals surface area (Å²) in [6.07, 6.45) is 6.09. The molecular weight excluding hydrogens is 250 g/mol. The lowest BCUT2D eigenvalue weighted by atomic mass is 9.85. The van der Waals surface area contributed by atoms with Crippen LogP contribution in [0.4, 0.5) is 0 Å². The SMILES string of the molecule is CCC1OCCC1C(NN)c1cccc2cnccc12. The van der Waals surface area contributed by atoms with Gasteiger partial charge in [-0.2, -0.15) is 0 Å². The summed E-state index contributed by atoms with van der Waals surface area (Å²) in [5.74, 6) is 6.29. The van der Waals surface area contributed by atoms with Crippen molar-refractivity contribution in [3.05, 3.63) is 42.2 Å². The molecular formula is C16H21N3O. The van der Waals surface area contributed by atoms with Gasteiger partial charge in [0.15, 0.2) is 0 Å². The van der Waals surface area contributed by atoms with Gasteiger partial charge in [0.05, 0.1) is 12.1 Å². The van der Waals surface area contributed by atoms with E-state index in [0.717, 1.165) is 24.8 Å². The van der Waals surface area contributed by atoms with Crippen molar-refractivity contribution >= 4 is 10.8 Å². The van der Waals surface area contributed by atoms with Crippen LogP contribution in [-0.4, -0.2) is 17.7 Å². The molecule has 1 aliphatic heterocycles. The number of rotatable bonds is 4. The van der Waals surface area contributed by atoms with E-state index in [2.05, 4.69) is 41.6 Å². The zero-order valence-electron chi connectivity index (χ0n) is 11.8. The predicted octanol–water partition coefficient (Wildman–Crippen LogP) is 2.55. The Morgan fingerprint density at radius 2 is 2.35 bits per heavy atom. The normalized spacial score (nSPS) is 24.1. The van der Waals surface area contributed by atoms with E-state index in [1.54, 1.807) is 0 Å². The number of nitrogens with one attached hydrogen (secondary N) is 1. The van der Waals surface area contributed by atoms with E-state index in [-0.39, 0.29) is 12.1 Å². The molecule has 4 nitrogen and oxygen atoms in total. The summed E-state index contributed by atoms with van der Waals surface area (Å²) in [5.41, 5.74) is 4.25. The maximum atomic E-state index is 5.87. The standard InChI is InChI=1S/C16H21N3O/c1-2-15-14(7-9-20-15)16(19-17)13-5-3-4-11-10-18-8-6-12(11)13/h3-6,8,10,14-16,19H,2,7,9,17H2,1H3. The molecule has 0 bridgehead atoms. The minimum absolute atomic E-state index is 0.119. The number of hydrogen-bond donors (Lipinski definition) is 2. The highest BCUT2D eigenvalue weighted by molar-refractivity contribution is 5.85.